The molecule has 0 saturated heterocycles. The van der Waals surface area contributed by atoms with Gasteiger partial charge < -0.3 is 0 Å². The molecule has 0 amide bonds. The van der Waals surface area contributed by atoms with E-state index in [0.717, 1.165) is 0 Å². The fraction of sp³-hybridized carbons (Fsp3) is 0. The first-order valence-corrected chi connectivity index (χ1v) is 7.16. The molecule has 8 nitrogen and oxygen atoms in total. The second-order valence-corrected chi connectivity index (χ2v) is 5.84. The molecule has 21 heavy (non-hydrogen) atoms. The van der Waals surface area contributed by atoms with E-state index in [1.54, 1.807) is 0 Å². The third kappa shape index (κ3) is 3.13. The minimum Gasteiger partial charge on any atom is -0.219 e. The summed E-state index contributed by atoms with van der Waals surface area (Å²) in [6, 6.07) is 11.5. The monoisotopic (exact) mass is 302 g/mol. The van der Waals surface area contributed by atoms with Gasteiger partial charge in [0.25, 0.3) is 0 Å². The highest BCUT2D eigenvalue weighted by molar-refractivity contribution is 7.91. The number of benzene rings is 2. The summed E-state index contributed by atoms with van der Waals surface area (Å²) in [7, 11) is -3.64. The summed E-state index contributed by atoms with van der Waals surface area (Å²) in [5.41, 5.74) is 14.0. The van der Waals surface area contributed by atoms with Crippen molar-refractivity contribution >= 4 is 21.2 Å². The van der Waals surface area contributed by atoms with Crippen LogP contribution in [0.25, 0.3) is 0 Å². The van der Waals surface area contributed by atoms with Crippen LogP contribution in [0.1, 0.15) is 0 Å². The molecule has 0 unspecified atom stereocenters. The number of nitrogens with zero attached hydrogens (tertiary/aromatic N) is 4. The van der Waals surface area contributed by atoms with Crippen molar-refractivity contribution in [2.75, 3.05) is 0 Å². The highest BCUT2D eigenvalue weighted by Gasteiger charge is 2.18. The van der Waals surface area contributed by atoms with E-state index in [1.165, 1.54) is 48.5 Å². The number of sulfone groups is 1. The molecule has 0 atom stereocenters. The number of hydrogen-bond donors (Lipinski definition) is 2. The third-order valence-electron chi connectivity index (χ3n) is 2.62. The van der Waals surface area contributed by atoms with Crippen molar-refractivity contribution in [2.45, 2.75) is 9.79 Å². The Morgan fingerprint density at radius 1 is 0.714 bits per heavy atom. The molecule has 9 heteroatoms. The topological polar surface area (TPSA) is 135 Å². The van der Waals surface area contributed by atoms with Gasteiger partial charge in [0.1, 0.15) is 11.1 Å². The Morgan fingerprint density at radius 3 is 1.33 bits per heavy atom. The molecule has 0 aliphatic heterocycles. The van der Waals surface area contributed by atoms with Gasteiger partial charge in [-0.2, -0.15) is 0 Å². The van der Waals surface area contributed by atoms with Crippen molar-refractivity contribution < 1.29 is 8.42 Å². The van der Waals surface area contributed by atoms with E-state index >= 15 is 0 Å². The summed E-state index contributed by atoms with van der Waals surface area (Å²) in [4.78, 5) is 5.97. The molecular weight excluding hydrogens is 292 g/mol. The fourth-order valence-corrected chi connectivity index (χ4v) is 2.90. The largest absolute Gasteiger partial charge is 0.220 e. The molecule has 0 aromatic heterocycles. The standard InChI is InChI=1S/C12H10N6O2S/c13-17-15-9-1-5-11(6-2-9)21(19,20)12-7-3-10(4-8-12)16-18-14/h1-8,13-14H/q+2. The first kappa shape index (κ1) is 14.4. The molecule has 0 aliphatic carbocycles. The van der Waals surface area contributed by atoms with Crippen molar-refractivity contribution in [1.29, 1.82) is 11.1 Å². The molecule has 2 N–H and O–H groups in total. The summed E-state index contributed by atoms with van der Waals surface area (Å²) in [5.74, 6) is 0. The van der Waals surface area contributed by atoms with E-state index < -0.39 is 9.84 Å². The molecule has 0 spiro atoms. The summed E-state index contributed by atoms with van der Waals surface area (Å²) in [6.45, 7) is 0. The van der Waals surface area contributed by atoms with E-state index in [4.69, 9.17) is 11.1 Å². The lowest BCUT2D eigenvalue weighted by Crippen LogP contribution is -2.01. The van der Waals surface area contributed by atoms with Crippen LogP contribution in [0, 0.1) is 11.1 Å². The van der Waals surface area contributed by atoms with Gasteiger partial charge >= 0.3 is 0 Å². The predicted octanol–water partition coefficient (Wildman–Crippen LogP) is 2.88. The van der Waals surface area contributed by atoms with Crippen LogP contribution in [0.2, 0.25) is 0 Å². The van der Waals surface area contributed by atoms with Crippen molar-refractivity contribution in [3.8, 4) is 0 Å². The minimum absolute atomic E-state index is 0.112. The van der Waals surface area contributed by atoms with Crippen LogP contribution in [0.5, 0.6) is 0 Å². The van der Waals surface area contributed by atoms with E-state index in [9.17, 15) is 8.42 Å². The highest BCUT2D eigenvalue weighted by Crippen LogP contribution is 2.24. The van der Waals surface area contributed by atoms with Crippen molar-refractivity contribution in [3.05, 3.63) is 48.5 Å². The number of rotatable bonds is 4. The Morgan fingerprint density at radius 2 is 1.05 bits per heavy atom. The first-order valence-electron chi connectivity index (χ1n) is 5.68. The minimum atomic E-state index is -3.64. The molecule has 0 aliphatic rings. The molecule has 0 radical (unpaired) electrons. The molecule has 2 rings (SSSR count). The van der Waals surface area contributed by atoms with Gasteiger partial charge in [0.05, 0.1) is 9.79 Å². The zero-order valence-electron chi connectivity index (χ0n) is 10.6. The molecule has 0 heterocycles. The maximum Gasteiger partial charge on any atom is 0.220 e. The zero-order chi connectivity index (χ0) is 15.3. The van der Waals surface area contributed by atoms with Crippen LogP contribution in [0.3, 0.4) is 0 Å². The normalized spacial score (nSPS) is 10.3. The maximum atomic E-state index is 12.4. The van der Waals surface area contributed by atoms with Crippen molar-refractivity contribution in [3.63, 3.8) is 0 Å². The summed E-state index contributed by atoms with van der Waals surface area (Å²) < 4.78 is 24.8. The molecule has 2 aromatic carbocycles. The zero-order valence-corrected chi connectivity index (χ0v) is 11.4. The second kappa shape index (κ2) is 5.98. The lowest BCUT2D eigenvalue weighted by molar-refractivity contribution is 0.596. The lowest BCUT2D eigenvalue weighted by Gasteiger charge is -2.03. The molecule has 2 aromatic rings. The molecule has 0 fully saturated rings. The Labute approximate surface area is 119 Å². The fourth-order valence-electron chi connectivity index (χ4n) is 1.64. The van der Waals surface area contributed by atoms with Crippen molar-refractivity contribution in [1.82, 2.24) is 9.82 Å². The summed E-state index contributed by atoms with van der Waals surface area (Å²) in [6.07, 6.45) is 0. The molecular formula is C12H10N6O2S+2. The Kier molecular flexibility index (Phi) is 4.10. The first-order chi connectivity index (χ1) is 10.1. The van der Waals surface area contributed by atoms with Gasteiger partial charge in [0.2, 0.25) is 19.7 Å². The quantitative estimate of drug-likeness (QED) is 0.663. The smallest absolute Gasteiger partial charge is 0.219 e. The van der Waals surface area contributed by atoms with Crippen molar-refractivity contribution in [2.24, 2.45) is 10.2 Å². The van der Waals surface area contributed by atoms with Gasteiger partial charge in [0.15, 0.2) is 21.6 Å². The Balaban J connectivity index is 2.41. The maximum absolute atomic E-state index is 12.4. The second-order valence-electron chi connectivity index (χ2n) is 3.89. The van der Waals surface area contributed by atoms with Crippen LogP contribution >= 0.6 is 0 Å². The van der Waals surface area contributed by atoms with Gasteiger partial charge in [-0.15, -0.1) is 0 Å². The molecule has 0 bridgehead atoms. The highest BCUT2D eigenvalue weighted by atomic mass is 32.2. The predicted molar refractivity (Wildman–Crippen MR) is 72.2 cm³/mol. The van der Waals surface area contributed by atoms with Crippen LogP contribution in [-0.2, 0) is 9.84 Å². The van der Waals surface area contributed by atoms with Gasteiger partial charge in [-0.25, -0.2) is 8.42 Å². The summed E-state index contributed by atoms with van der Waals surface area (Å²) in [5, 5.41) is 6.98. The van der Waals surface area contributed by atoms with Gasteiger partial charge in [0, 0.05) is 0 Å². The lowest BCUT2D eigenvalue weighted by atomic mass is 10.3. The van der Waals surface area contributed by atoms with Gasteiger partial charge in [-0.3, -0.25) is 0 Å². The molecule has 104 valence electrons. The SMILES string of the molecule is N=[N+]=Nc1ccc(S(=O)(=O)c2ccc(N=[N+]=N)cc2)cc1. The Hall–Kier alpha value is -2.99. The average molecular weight is 302 g/mol. The van der Waals surface area contributed by atoms with E-state index in [2.05, 4.69) is 20.1 Å². The average Bonchev–Trinajstić information content (AvgIpc) is 2.49. The van der Waals surface area contributed by atoms with Gasteiger partial charge in [-0.05, 0) is 48.5 Å². The van der Waals surface area contributed by atoms with E-state index in [-0.39, 0.29) is 9.79 Å². The van der Waals surface area contributed by atoms with Crippen LogP contribution in [0.4, 0.5) is 11.4 Å². The number of hydrogen-bond acceptors (Lipinski definition) is 6. The van der Waals surface area contributed by atoms with Crippen LogP contribution < -0.4 is 9.82 Å². The Bertz CT molecular complexity index is 778. The van der Waals surface area contributed by atoms with E-state index in [1.807, 2.05) is 0 Å². The van der Waals surface area contributed by atoms with Crippen LogP contribution in [-0.4, -0.2) is 8.42 Å². The molecule has 0 saturated carbocycles. The third-order valence-corrected chi connectivity index (χ3v) is 4.41. The van der Waals surface area contributed by atoms with Gasteiger partial charge in [-0.1, -0.05) is 0 Å². The van der Waals surface area contributed by atoms with E-state index in [0.29, 0.717) is 11.4 Å². The summed E-state index contributed by atoms with van der Waals surface area (Å²) >= 11 is 0. The van der Waals surface area contributed by atoms with Crippen LogP contribution in [0.15, 0.2) is 68.6 Å². The number of nitrogens with one attached hydrogen (secondary N) is 2.